The number of allylic oxidation sites excluding steroid dienone is 7. The molecule has 0 aromatic heterocycles. The highest BCUT2D eigenvalue weighted by atomic mass is 16.5. The van der Waals surface area contributed by atoms with Gasteiger partial charge in [0, 0.05) is 16.8 Å². The minimum atomic E-state index is -0.00731. The molecule has 0 spiro atoms. The van der Waals surface area contributed by atoms with Gasteiger partial charge in [-0.1, -0.05) is 38.2 Å². The van der Waals surface area contributed by atoms with E-state index in [-0.39, 0.29) is 5.78 Å². The number of ether oxygens (including phenoxy) is 1. The Labute approximate surface area is 170 Å². The number of aliphatic imine (C=N–C) groups is 1. The molecule has 1 rings (SSSR count). The molecule has 0 unspecified atom stereocenters. The normalized spacial score (nSPS) is 13.2. The Balaban J connectivity index is 3.38. The third-order valence-electron chi connectivity index (χ3n) is 4.62. The van der Waals surface area contributed by atoms with Crippen molar-refractivity contribution in [2.45, 2.75) is 54.4 Å². The van der Waals surface area contributed by atoms with Gasteiger partial charge in [0.15, 0.2) is 5.78 Å². The number of ketones is 1. The van der Waals surface area contributed by atoms with Crippen molar-refractivity contribution in [3.8, 4) is 5.75 Å². The van der Waals surface area contributed by atoms with Crippen LogP contribution < -0.4 is 4.74 Å². The number of methoxy groups -OCH3 is 1. The van der Waals surface area contributed by atoms with Crippen molar-refractivity contribution in [3.05, 3.63) is 70.9 Å². The molecule has 3 nitrogen and oxygen atoms in total. The maximum atomic E-state index is 11.8. The van der Waals surface area contributed by atoms with Crippen molar-refractivity contribution < 1.29 is 9.53 Å². The minimum Gasteiger partial charge on any atom is -0.496 e. The molecule has 0 heterocycles. The second kappa shape index (κ2) is 11.2. The van der Waals surface area contributed by atoms with E-state index in [1.54, 1.807) is 20.1 Å². The Kier molecular flexibility index (Phi) is 9.37. The first kappa shape index (κ1) is 23.4. The van der Waals surface area contributed by atoms with E-state index in [4.69, 9.17) is 9.73 Å². The number of carbonyl (C=O) groups excluding carboxylic acids is 1. The van der Waals surface area contributed by atoms with Crippen molar-refractivity contribution in [3.63, 3.8) is 0 Å². The van der Waals surface area contributed by atoms with Crippen molar-refractivity contribution in [1.82, 2.24) is 0 Å². The first-order chi connectivity index (χ1) is 13.2. The fourth-order valence-corrected chi connectivity index (χ4v) is 2.72. The summed E-state index contributed by atoms with van der Waals surface area (Å²) in [7, 11) is 1.61. The van der Waals surface area contributed by atoms with Crippen molar-refractivity contribution >= 4 is 17.2 Å². The fraction of sp³-hybridized carbons (Fsp3) is 0.360. The standard InChI is InChI=1S/C25H33NO2/c1-9-11-13-22(17(3)12-10-2)14-18(4)20(6)26-24-15-23(21(7)27)16-25(28-8)19(24)5/h9,11,13-16H,3,10,12H2,1-2,4-8H3/b11-9-,18-14+,22-13-,26-20+. The van der Waals surface area contributed by atoms with Gasteiger partial charge in [0.05, 0.1) is 12.8 Å². The van der Waals surface area contributed by atoms with Crippen molar-refractivity contribution in [2.24, 2.45) is 4.99 Å². The number of hydrogen-bond donors (Lipinski definition) is 0. The van der Waals surface area contributed by atoms with Crippen LogP contribution in [0.2, 0.25) is 0 Å². The van der Waals surface area contributed by atoms with E-state index in [0.29, 0.717) is 11.3 Å². The van der Waals surface area contributed by atoms with Crippen LogP contribution in [0.15, 0.2) is 64.7 Å². The molecule has 0 saturated heterocycles. The SMILES string of the molecule is C=C(CCC)C(=C\C=C/C)/C=C(C)/C(C)=N/c1cc(C(C)=O)cc(OC)c1C. The second-order valence-electron chi connectivity index (χ2n) is 6.90. The van der Waals surface area contributed by atoms with Crippen LogP contribution in [0.25, 0.3) is 0 Å². The summed E-state index contributed by atoms with van der Waals surface area (Å²) in [5.74, 6) is 0.665. The highest BCUT2D eigenvalue weighted by Crippen LogP contribution is 2.31. The molecule has 1 aromatic rings. The summed E-state index contributed by atoms with van der Waals surface area (Å²) < 4.78 is 5.42. The van der Waals surface area contributed by atoms with E-state index < -0.39 is 0 Å². The summed E-state index contributed by atoms with van der Waals surface area (Å²) in [5, 5.41) is 0. The van der Waals surface area contributed by atoms with Gasteiger partial charge in [0.2, 0.25) is 0 Å². The molecule has 0 aliphatic heterocycles. The monoisotopic (exact) mass is 379 g/mol. The molecular formula is C25H33NO2. The highest BCUT2D eigenvalue weighted by Gasteiger charge is 2.11. The summed E-state index contributed by atoms with van der Waals surface area (Å²) in [6, 6.07) is 3.59. The lowest BCUT2D eigenvalue weighted by atomic mass is 9.99. The molecule has 0 N–H and O–H groups in total. The predicted molar refractivity (Wildman–Crippen MR) is 121 cm³/mol. The van der Waals surface area contributed by atoms with Crippen LogP contribution >= 0.6 is 0 Å². The van der Waals surface area contributed by atoms with E-state index in [2.05, 4.69) is 25.7 Å². The van der Waals surface area contributed by atoms with Crippen LogP contribution in [0, 0.1) is 6.92 Å². The number of nitrogens with zero attached hydrogens (tertiary/aromatic N) is 1. The van der Waals surface area contributed by atoms with E-state index in [9.17, 15) is 4.79 Å². The third-order valence-corrected chi connectivity index (χ3v) is 4.62. The molecule has 28 heavy (non-hydrogen) atoms. The topological polar surface area (TPSA) is 38.7 Å². The summed E-state index contributed by atoms with van der Waals surface area (Å²) in [6.07, 6.45) is 10.3. The maximum Gasteiger partial charge on any atom is 0.160 e. The van der Waals surface area contributed by atoms with E-state index in [0.717, 1.165) is 46.5 Å². The Hall–Kier alpha value is -2.68. The zero-order valence-electron chi connectivity index (χ0n) is 18.3. The molecule has 0 amide bonds. The maximum absolute atomic E-state index is 11.8. The first-order valence-electron chi connectivity index (χ1n) is 9.69. The van der Waals surface area contributed by atoms with Gasteiger partial charge in [-0.3, -0.25) is 9.79 Å². The number of benzene rings is 1. The first-order valence-corrected chi connectivity index (χ1v) is 9.69. The van der Waals surface area contributed by atoms with Gasteiger partial charge in [-0.15, -0.1) is 0 Å². The van der Waals surface area contributed by atoms with Crippen molar-refractivity contribution in [1.29, 1.82) is 0 Å². The quantitative estimate of drug-likeness (QED) is 0.261. The molecule has 0 radical (unpaired) electrons. The average Bonchev–Trinajstić information content (AvgIpc) is 2.66. The predicted octanol–water partition coefficient (Wildman–Crippen LogP) is 7.10. The summed E-state index contributed by atoms with van der Waals surface area (Å²) >= 11 is 0. The highest BCUT2D eigenvalue weighted by molar-refractivity contribution is 6.01. The smallest absolute Gasteiger partial charge is 0.160 e. The van der Waals surface area contributed by atoms with Crippen LogP contribution in [0.1, 0.15) is 63.4 Å². The largest absolute Gasteiger partial charge is 0.496 e. The van der Waals surface area contributed by atoms with Crippen LogP contribution in [-0.4, -0.2) is 18.6 Å². The Morgan fingerprint density at radius 3 is 2.46 bits per heavy atom. The van der Waals surface area contributed by atoms with Gasteiger partial charge in [-0.25, -0.2) is 0 Å². The molecule has 0 fully saturated rings. The molecule has 3 heteroatoms. The number of hydrogen-bond acceptors (Lipinski definition) is 3. The van der Waals surface area contributed by atoms with Gasteiger partial charge in [-0.05, 0) is 76.0 Å². The number of Topliss-reactive ketones (excluding diaryl/α,β-unsaturated/α-hetero) is 1. The molecule has 0 saturated carbocycles. The third kappa shape index (κ3) is 6.49. The van der Waals surface area contributed by atoms with Crippen LogP contribution in [0.3, 0.4) is 0 Å². The van der Waals surface area contributed by atoms with Gasteiger partial charge in [0.1, 0.15) is 5.75 Å². The van der Waals surface area contributed by atoms with Crippen LogP contribution in [0.5, 0.6) is 5.75 Å². The molecule has 0 aliphatic rings. The second-order valence-corrected chi connectivity index (χ2v) is 6.90. The number of rotatable bonds is 9. The lowest BCUT2D eigenvalue weighted by Crippen LogP contribution is -1.99. The summed E-state index contributed by atoms with van der Waals surface area (Å²) in [5.41, 5.74) is 6.44. The molecule has 0 bridgehead atoms. The van der Waals surface area contributed by atoms with Crippen molar-refractivity contribution in [2.75, 3.05) is 7.11 Å². The minimum absolute atomic E-state index is 0.00731. The summed E-state index contributed by atoms with van der Waals surface area (Å²) in [4.78, 5) is 16.6. The summed E-state index contributed by atoms with van der Waals surface area (Å²) in [6.45, 7) is 15.9. The Bertz CT molecular complexity index is 852. The van der Waals surface area contributed by atoms with Crippen LogP contribution in [0.4, 0.5) is 5.69 Å². The zero-order chi connectivity index (χ0) is 21.3. The zero-order valence-corrected chi connectivity index (χ0v) is 18.3. The van der Waals surface area contributed by atoms with Gasteiger partial charge in [-0.2, -0.15) is 0 Å². The van der Waals surface area contributed by atoms with Crippen LogP contribution in [-0.2, 0) is 0 Å². The molecule has 0 aliphatic carbocycles. The van der Waals surface area contributed by atoms with Gasteiger partial charge >= 0.3 is 0 Å². The molecule has 1 aromatic carbocycles. The molecule has 0 atom stereocenters. The van der Waals surface area contributed by atoms with E-state index >= 15 is 0 Å². The average molecular weight is 380 g/mol. The number of carbonyl (C=O) groups is 1. The molecule has 150 valence electrons. The fourth-order valence-electron chi connectivity index (χ4n) is 2.72. The van der Waals surface area contributed by atoms with Gasteiger partial charge < -0.3 is 4.74 Å². The lowest BCUT2D eigenvalue weighted by molar-refractivity contribution is 0.101. The lowest BCUT2D eigenvalue weighted by Gasteiger charge is -2.11. The molecular weight excluding hydrogens is 346 g/mol. The van der Waals surface area contributed by atoms with Gasteiger partial charge in [0.25, 0.3) is 0 Å². The Morgan fingerprint density at radius 1 is 1.25 bits per heavy atom. The van der Waals surface area contributed by atoms with E-state index in [1.807, 2.05) is 45.9 Å². The van der Waals surface area contributed by atoms with E-state index in [1.165, 1.54) is 0 Å². The Morgan fingerprint density at radius 2 is 1.93 bits per heavy atom.